The number of nitrogen functional groups attached to an aromatic ring is 1. The second-order valence-electron chi connectivity index (χ2n) is 7.45. The number of anilines is 1. The van der Waals surface area contributed by atoms with Crippen LogP contribution < -0.4 is 15.6 Å². The van der Waals surface area contributed by atoms with Gasteiger partial charge in [0.1, 0.15) is 22.9 Å². The van der Waals surface area contributed by atoms with E-state index in [0.29, 0.717) is 17.9 Å². The zero-order valence-corrected chi connectivity index (χ0v) is 20.2. The van der Waals surface area contributed by atoms with E-state index in [9.17, 15) is 19.5 Å². The van der Waals surface area contributed by atoms with Crippen molar-refractivity contribution < 1.29 is 28.9 Å². The molecule has 1 unspecified atom stereocenters. The smallest absolute Gasteiger partial charge is 0.352 e. The molecule has 0 aliphatic carbocycles. The summed E-state index contributed by atoms with van der Waals surface area (Å²) < 4.78 is 1.84. The first-order valence-electron chi connectivity index (χ1n) is 10.3. The Morgan fingerprint density at radius 2 is 2.17 bits per heavy atom. The van der Waals surface area contributed by atoms with Crippen LogP contribution in [0.4, 0.5) is 5.82 Å². The van der Waals surface area contributed by atoms with E-state index in [1.165, 1.54) is 40.7 Å². The summed E-state index contributed by atoms with van der Waals surface area (Å²) in [5.41, 5.74) is 6.01. The van der Waals surface area contributed by atoms with Gasteiger partial charge in [-0.1, -0.05) is 11.2 Å². The fraction of sp³-hybridized carbons (Fsp3) is 0.286. The molecule has 2 aromatic rings. The van der Waals surface area contributed by atoms with Gasteiger partial charge in [-0.15, -0.1) is 23.5 Å². The van der Waals surface area contributed by atoms with Crippen molar-refractivity contribution in [2.45, 2.75) is 18.0 Å². The number of rotatable bonds is 9. The van der Waals surface area contributed by atoms with Crippen molar-refractivity contribution in [2.75, 3.05) is 23.7 Å². The maximum absolute atomic E-state index is 13.0. The lowest BCUT2D eigenvalue weighted by atomic mass is 10.0. The van der Waals surface area contributed by atoms with Crippen LogP contribution in [-0.2, 0) is 25.8 Å². The van der Waals surface area contributed by atoms with Crippen LogP contribution in [0.1, 0.15) is 5.82 Å². The Morgan fingerprint density at radius 1 is 1.40 bits per heavy atom. The number of β-lactam (4-membered cyclic amide) rings is 1. The molecule has 182 valence electrons. The molecule has 2 atom stereocenters. The summed E-state index contributed by atoms with van der Waals surface area (Å²) >= 11 is 2.73. The minimum absolute atomic E-state index is 0.0584. The van der Waals surface area contributed by atoms with Gasteiger partial charge in [-0.3, -0.25) is 14.5 Å². The van der Waals surface area contributed by atoms with Gasteiger partial charge >= 0.3 is 5.97 Å². The molecule has 12 nitrogen and oxygen atoms in total. The highest BCUT2D eigenvalue weighted by Crippen LogP contribution is 2.40. The molecule has 4 heterocycles. The molecular formula is C21H22N7O5S2+. The molecular weight excluding hydrogens is 494 g/mol. The fourth-order valence-corrected chi connectivity index (χ4v) is 5.08. The molecule has 2 aliphatic heterocycles. The van der Waals surface area contributed by atoms with Crippen LogP contribution in [0.15, 0.2) is 59.3 Å². The number of thioether (sulfide) groups is 2. The predicted molar refractivity (Wildman–Crippen MR) is 129 cm³/mol. The SMILES string of the molecule is CSCON=C(C(=O)NC1C(=O)N2C(C(=O)O)=C(C[n+]3ccccc3)CS[C@H]12)c1nccc(N)n1. The van der Waals surface area contributed by atoms with Crippen molar-refractivity contribution >= 4 is 52.8 Å². The van der Waals surface area contributed by atoms with E-state index in [1.807, 2.05) is 35.2 Å². The van der Waals surface area contributed by atoms with E-state index in [2.05, 4.69) is 20.4 Å². The fourth-order valence-electron chi connectivity index (χ4n) is 3.59. The maximum atomic E-state index is 13.0. The molecule has 2 amide bonds. The monoisotopic (exact) mass is 516 g/mol. The minimum atomic E-state index is -1.19. The summed E-state index contributed by atoms with van der Waals surface area (Å²) in [4.78, 5) is 52.5. The number of aromatic nitrogens is 3. The van der Waals surface area contributed by atoms with Crippen molar-refractivity contribution in [3.63, 3.8) is 0 Å². The average Bonchev–Trinajstić information content (AvgIpc) is 2.85. The molecule has 1 saturated heterocycles. The Labute approximate surface area is 208 Å². The Bertz CT molecular complexity index is 1210. The number of aliphatic carboxylic acids is 1. The third kappa shape index (κ3) is 5.22. The number of nitrogens with two attached hydrogens (primary N) is 1. The lowest BCUT2D eigenvalue weighted by molar-refractivity contribution is -0.689. The van der Waals surface area contributed by atoms with Crippen LogP contribution in [-0.4, -0.2) is 72.8 Å². The van der Waals surface area contributed by atoms with Gasteiger partial charge in [-0.2, -0.15) is 0 Å². The van der Waals surface area contributed by atoms with Crippen LogP contribution in [0.2, 0.25) is 0 Å². The lowest BCUT2D eigenvalue weighted by Gasteiger charge is -2.49. The Hall–Kier alpha value is -3.65. The number of amides is 2. The van der Waals surface area contributed by atoms with Crippen molar-refractivity contribution in [2.24, 2.45) is 5.16 Å². The van der Waals surface area contributed by atoms with Gasteiger partial charge in [-0.25, -0.2) is 19.3 Å². The number of carboxylic acid groups (broad SMARTS) is 1. The number of carbonyl (C=O) groups excluding carboxylic acids is 2. The number of hydrogen-bond acceptors (Lipinski definition) is 10. The largest absolute Gasteiger partial charge is 0.477 e. The van der Waals surface area contributed by atoms with E-state index in [-0.39, 0.29) is 29.0 Å². The standard InChI is InChI=1S/C21H21N7O5S2/c1-34-11-33-26-14(17-23-6-5-13(22)24-17)18(29)25-15-19(30)28-16(21(31)32)12(10-35-20(15)28)9-27-7-3-2-4-8-27/h2-8,15,20H,9-11H2,1H3,(H3-,22,23,24,25,29,31,32)/p+1/t15?,20-/m1/s1. The molecule has 4 N–H and O–H groups in total. The molecule has 1 fully saturated rings. The highest BCUT2D eigenvalue weighted by atomic mass is 32.2. The van der Waals surface area contributed by atoms with E-state index < -0.39 is 29.2 Å². The Balaban J connectivity index is 1.53. The minimum Gasteiger partial charge on any atom is -0.477 e. The van der Waals surface area contributed by atoms with Crippen molar-refractivity contribution in [1.82, 2.24) is 20.2 Å². The van der Waals surface area contributed by atoms with Gasteiger partial charge in [0, 0.05) is 29.7 Å². The molecule has 0 saturated carbocycles. The number of carbonyl (C=O) groups is 3. The molecule has 2 aliphatic rings. The Kier molecular flexibility index (Phi) is 7.51. The first kappa shape index (κ1) is 24.5. The van der Waals surface area contributed by atoms with E-state index >= 15 is 0 Å². The molecule has 0 spiro atoms. The van der Waals surface area contributed by atoms with Gasteiger partial charge in [0.05, 0.1) is 0 Å². The number of hydrogen-bond donors (Lipinski definition) is 3. The molecule has 14 heteroatoms. The quantitative estimate of drug-likeness (QED) is 0.102. The van der Waals surface area contributed by atoms with Crippen LogP contribution in [0.25, 0.3) is 0 Å². The van der Waals surface area contributed by atoms with Gasteiger partial charge < -0.3 is 21.0 Å². The van der Waals surface area contributed by atoms with Crippen molar-refractivity contribution in [3.8, 4) is 0 Å². The summed E-state index contributed by atoms with van der Waals surface area (Å²) in [6.07, 6.45) is 6.82. The zero-order valence-electron chi connectivity index (χ0n) is 18.5. The van der Waals surface area contributed by atoms with Gasteiger partial charge in [0.2, 0.25) is 5.71 Å². The van der Waals surface area contributed by atoms with Crippen molar-refractivity contribution in [3.05, 3.63) is 60.0 Å². The van der Waals surface area contributed by atoms with Gasteiger partial charge in [-0.05, 0) is 12.3 Å². The normalized spacial score (nSPS) is 19.6. The number of pyridine rings is 1. The first-order chi connectivity index (χ1) is 16.9. The third-order valence-electron chi connectivity index (χ3n) is 5.12. The molecule has 2 aromatic heterocycles. The van der Waals surface area contributed by atoms with Gasteiger partial charge in [0.15, 0.2) is 30.7 Å². The van der Waals surface area contributed by atoms with E-state index in [1.54, 1.807) is 6.26 Å². The van der Waals surface area contributed by atoms with E-state index in [0.717, 1.165) is 0 Å². The van der Waals surface area contributed by atoms with Gasteiger partial charge in [0.25, 0.3) is 11.8 Å². The average molecular weight is 517 g/mol. The summed E-state index contributed by atoms with van der Waals surface area (Å²) in [7, 11) is 0. The number of nitrogens with zero attached hydrogens (tertiary/aromatic N) is 5. The highest BCUT2D eigenvalue weighted by molar-refractivity contribution is 8.00. The molecule has 0 aromatic carbocycles. The highest BCUT2D eigenvalue weighted by Gasteiger charge is 2.54. The molecule has 0 radical (unpaired) electrons. The second-order valence-corrected chi connectivity index (χ2v) is 9.36. The zero-order chi connectivity index (χ0) is 24.9. The third-order valence-corrected chi connectivity index (χ3v) is 6.80. The predicted octanol–water partition coefficient (Wildman–Crippen LogP) is -0.174. The summed E-state index contributed by atoms with van der Waals surface area (Å²) in [5.74, 6) is -1.81. The number of oxime groups is 1. The van der Waals surface area contributed by atoms with Crippen LogP contribution >= 0.6 is 23.5 Å². The maximum Gasteiger partial charge on any atom is 0.352 e. The molecule has 0 bridgehead atoms. The number of fused-ring (bicyclic) bond motifs is 1. The lowest BCUT2D eigenvalue weighted by Crippen LogP contribution is -2.71. The first-order valence-corrected chi connectivity index (χ1v) is 12.8. The Morgan fingerprint density at radius 3 is 2.86 bits per heavy atom. The topological polar surface area (TPSA) is 164 Å². The molecule has 35 heavy (non-hydrogen) atoms. The summed E-state index contributed by atoms with van der Waals surface area (Å²) in [6.45, 7) is 0.333. The molecule has 4 rings (SSSR count). The van der Waals surface area contributed by atoms with Crippen LogP contribution in [0, 0.1) is 0 Å². The van der Waals surface area contributed by atoms with Crippen molar-refractivity contribution in [1.29, 1.82) is 0 Å². The van der Waals surface area contributed by atoms with Crippen LogP contribution in [0.5, 0.6) is 0 Å². The number of nitrogens with one attached hydrogen (secondary N) is 1. The summed E-state index contributed by atoms with van der Waals surface area (Å²) in [6, 6.07) is 6.05. The van der Waals surface area contributed by atoms with E-state index in [4.69, 9.17) is 10.6 Å². The number of carboxylic acids is 1. The second kappa shape index (κ2) is 10.7. The van der Waals surface area contributed by atoms with Crippen LogP contribution in [0.3, 0.4) is 0 Å². The summed E-state index contributed by atoms with van der Waals surface area (Å²) in [5, 5.41) is 15.7.